The quantitative estimate of drug-likeness (QED) is 0.898. The maximum Gasteiger partial charge on any atom is 0.262 e. The zero-order valence-corrected chi connectivity index (χ0v) is 12.0. The average Bonchev–Trinajstić information content (AvgIpc) is 2.86. The number of aromatic nitrogens is 1. The number of anilines is 1. The fraction of sp³-hybridized carbons (Fsp3) is 0.636. The smallest absolute Gasteiger partial charge is 0.262 e. The van der Waals surface area contributed by atoms with Crippen molar-refractivity contribution in [2.75, 3.05) is 11.9 Å². The minimum atomic E-state index is -2.79. The van der Waals surface area contributed by atoms with E-state index in [-0.39, 0.29) is 12.4 Å². The largest absolute Gasteiger partial charge is 0.301 e. The molecule has 0 aliphatic carbocycles. The van der Waals surface area contributed by atoms with Gasteiger partial charge in [0.15, 0.2) is 5.13 Å². The van der Waals surface area contributed by atoms with Gasteiger partial charge in [-0.1, -0.05) is 13.3 Å². The van der Waals surface area contributed by atoms with Crippen LogP contribution >= 0.6 is 23.7 Å². The molecule has 19 heavy (non-hydrogen) atoms. The average molecular weight is 312 g/mol. The lowest BCUT2D eigenvalue weighted by Gasteiger charge is -2.08. The molecule has 1 aromatic heterocycles. The van der Waals surface area contributed by atoms with Gasteiger partial charge in [-0.05, 0) is 6.42 Å². The van der Waals surface area contributed by atoms with E-state index in [2.05, 4.69) is 15.6 Å². The topological polar surface area (TPSA) is 54.0 Å². The molecule has 0 spiro atoms. The van der Waals surface area contributed by atoms with Gasteiger partial charge in [0, 0.05) is 11.8 Å². The van der Waals surface area contributed by atoms with Crippen molar-refractivity contribution < 1.29 is 13.6 Å². The Balaban J connectivity index is 0.00000180. The number of hydrogen-bond donors (Lipinski definition) is 2. The number of aryl methyl sites for hydroxylation is 1. The summed E-state index contributed by atoms with van der Waals surface area (Å²) in [6.07, 6.45) is 1.38. The molecule has 2 N–H and O–H groups in total. The monoisotopic (exact) mass is 311 g/mol. The Hall–Kier alpha value is -0.790. The highest BCUT2D eigenvalue weighted by Gasteiger charge is 2.42. The second-order valence-corrected chi connectivity index (χ2v) is 5.23. The number of thiazole rings is 1. The van der Waals surface area contributed by atoms with E-state index in [1.165, 1.54) is 11.3 Å². The summed E-state index contributed by atoms with van der Waals surface area (Å²) >= 11 is 1.32. The standard InChI is InChI=1S/C11H15F2N3OS.ClH/c1-2-3-7-5-18-10(15-7)16-9(17)8-4-11(12,13)6-14-8;/h5,8,14H,2-4,6H2,1H3,(H,15,16,17);1H. The maximum atomic E-state index is 12.9. The molecule has 8 heteroatoms. The van der Waals surface area contributed by atoms with Crippen molar-refractivity contribution in [1.29, 1.82) is 0 Å². The second kappa shape index (κ2) is 6.58. The van der Waals surface area contributed by atoms with Crippen LogP contribution in [0.4, 0.5) is 13.9 Å². The first-order chi connectivity index (χ1) is 8.50. The summed E-state index contributed by atoms with van der Waals surface area (Å²) in [4.78, 5) is 15.9. The highest BCUT2D eigenvalue weighted by Crippen LogP contribution is 2.26. The predicted octanol–water partition coefficient (Wildman–Crippen LogP) is 2.45. The molecule has 1 saturated heterocycles. The van der Waals surface area contributed by atoms with Gasteiger partial charge in [0.2, 0.25) is 5.91 Å². The van der Waals surface area contributed by atoms with Gasteiger partial charge >= 0.3 is 0 Å². The molecule has 108 valence electrons. The molecule has 1 aliphatic heterocycles. The fourth-order valence-electron chi connectivity index (χ4n) is 1.83. The van der Waals surface area contributed by atoms with Gasteiger partial charge in [-0.2, -0.15) is 0 Å². The minimum Gasteiger partial charge on any atom is -0.301 e. The van der Waals surface area contributed by atoms with Crippen LogP contribution in [0.15, 0.2) is 5.38 Å². The molecule has 0 bridgehead atoms. The van der Waals surface area contributed by atoms with Gasteiger partial charge in [-0.25, -0.2) is 13.8 Å². The Kier molecular flexibility index (Phi) is 5.64. The molecule has 4 nitrogen and oxygen atoms in total. The highest BCUT2D eigenvalue weighted by molar-refractivity contribution is 7.13. The van der Waals surface area contributed by atoms with Crippen molar-refractivity contribution in [3.8, 4) is 0 Å². The van der Waals surface area contributed by atoms with Crippen LogP contribution in [0.2, 0.25) is 0 Å². The SMILES string of the molecule is CCCc1csc(NC(=O)C2CC(F)(F)CN2)n1.Cl. The number of rotatable bonds is 4. The van der Waals surface area contributed by atoms with Crippen LogP contribution in [0, 0.1) is 0 Å². The van der Waals surface area contributed by atoms with E-state index in [9.17, 15) is 13.6 Å². The van der Waals surface area contributed by atoms with E-state index in [4.69, 9.17) is 0 Å². The molecule has 2 rings (SSSR count). The molecule has 0 saturated carbocycles. The van der Waals surface area contributed by atoms with Crippen LogP contribution < -0.4 is 10.6 Å². The van der Waals surface area contributed by atoms with Gasteiger partial charge < -0.3 is 5.32 Å². The first-order valence-corrected chi connectivity index (χ1v) is 6.74. The molecule has 0 radical (unpaired) electrons. The van der Waals surface area contributed by atoms with Gasteiger partial charge in [-0.15, -0.1) is 23.7 Å². The number of carbonyl (C=O) groups excluding carboxylic acids is 1. The van der Waals surface area contributed by atoms with E-state index in [1.54, 1.807) is 0 Å². The first kappa shape index (κ1) is 16.3. The lowest BCUT2D eigenvalue weighted by molar-refractivity contribution is -0.118. The van der Waals surface area contributed by atoms with E-state index < -0.39 is 30.8 Å². The molecule has 1 amide bonds. The van der Waals surface area contributed by atoms with Gasteiger partial charge in [0.05, 0.1) is 18.3 Å². The van der Waals surface area contributed by atoms with Crippen LogP contribution in [-0.2, 0) is 11.2 Å². The van der Waals surface area contributed by atoms with Crippen LogP contribution in [-0.4, -0.2) is 29.4 Å². The third kappa shape index (κ3) is 4.36. The van der Waals surface area contributed by atoms with Crippen molar-refractivity contribution in [3.63, 3.8) is 0 Å². The minimum absolute atomic E-state index is 0. The Morgan fingerprint density at radius 2 is 2.42 bits per heavy atom. The van der Waals surface area contributed by atoms with Crippen molar-refractivity contribution in [2.24, 2.45) is 0 Å². The molecular weight excluding hydrogens is 296 g/mol. The van der Waals surface area contributed by atoms with Crippen molar-refractivity contribution in [2.45, 2.75) is 38.2 Å². The van der Waals surface area contributed by atoms with Crippen LogP contribution in [0.1, 0.15) is 25.5 Å². The number of halogens is 3. The molecule has 1 atom stereocenters. The lowest BCUT2D eigenvalue weighted by atomic mass is 10.2. The number of amides is 1. The first-order valence-electron chi connectivity index (χ1n) is 5.86. The summed E-state index contributed by atoms with van der Waals surface area (Å²) in [6.45, 7) is 1.60. The van der Waals surface area contributed by atoms with E-state index >= 15 is 0 Å². The number of alkyl halides is 2. The molecule has 1 aliphatic rings. The lowest BCUT2D eigenvalue weighted by Crippen LogP contribution is -2.35. The van der Waals surface area contributed by atoms with Gasteiger partial charge in [0.25, 0.3) is 5.92 Å². The summed E-state index contributed by atoms with van der Waals surface area (Å²) in [7, 11) is 0. The molecule has 1 unspecified atom stereocenters. The van der Waals surface area contributed by atoms with E-state index in [0.29, 0.717) is 5.13 Å². The van der Waals surface area contributed by atoms with E-state index in [1.807, 2.05) is 12.3 Å². The highest BCUT2D eigenvalue weighted by atomic mass is 35.5. The Labute approximate surface area is 120 Å². The molecular formula is C11H16ClF2N3OS. The Bertz CT molecular complexity index is 441. The van der Waals surface area contributed by atoms with Crippen molar-refractivity contribution in [1.82, 2.24) is 10.3 Å². The number of nitrogens with one attached hydrogen (secondary N) is 2. The number of hydrogen-bond acceptors (Lipinski definition) is 4. The van der Waals surface area contributed by atoms with Crippen LogP contribution in [0.3, 0.4) is 0 Å². The summed E-state index contributed by atoms with van der Waals surface area (Å²) in [5, 5.41) is 7.43. The number of nitrogens with zero attached hydrogens (tertiary/aromatic N) is 1. The zero-order valence-electron chi connectivity index (χ0n) is 10.4. The molecule has 2 heterocycles. The Morgan fingerprint density at radius 1 is 1.68 bits per heavy atom. The normalized spacial score (nSPS) is 20.9. The third-order valence-electron chi connectivity index (χ3n) is 2.71. The summed E-state index contributed by atoms with van der Waals surface area (Å²) < 4.78 is 25.9. The molecule has 1 aromatic rings. The van der Waals surface area contributed by atoms with Crippen molar-refractivity contribution >= 4 is 34.8 Å². The van der Waals surface area contributed by atoms with Crippen LogP contribution in [0.5, 0.6) is 0 Å². The summed E-state index contributed by atoms with van der Waals surface area (Å²) in [6, 6.07) is -0.835. The predicted molar refractivity (Wildman–Crippen MR) is 73.3 cm³/mol. The van der Waals surface area contributed by atoms with Gasteiger partial charge in [-0.3, -0.25) is 10.1 Å². The molecule has 1 fully saturated rings. The summed E-state index contributed by atoms with van der Waals surface area (Å²) in [5.74, 6) is -3.23. The maximum absolute atomic E-state index is 12.9. The fourth-order valence-corrected chi connectivity index (χ4v) is 2.58. The van der Waals surface area contributed by atoms with Crippen molar-refractivity contribution in [3.05, 3.63) is 11.1 Å². The number of carbonyl (C=O) groups is 1. The molecule has 0 aromatic carbocycles. The second-order valence-electron chi connectivity index (χ2n) is 4.38. The third-order valence-corrected chi connectivity index (χ3v) is 3.52. The zero-order chi connectivity index (χ0) is 13.2. The summed E-state index contributed by atoms with van der Waals surface area (Å²) in [5.41, 5.74) is 0.919. The van der Waals surface area contributed by atoms with E-state index in [0.717, 1.165) is 18.5 Å². The van der Waals surface area contributed by atoms with Gasteiger partial charge in [0.1, 0.15) is 0 Å². The Morgan fingerprint density at radius 3 is 3.00 bits per heavy atom. The van der Waals surface area contributed by atoms with Crippen LogP contribution in [0.25, 0.3) is 0 Å².